The van der Waals surface area contributed by atoms with Crippen molar-refractivity contribution in [2.75, 3.05) is 18.0 Å². The van der Waals surface area contributed by atoms with Crippen LogP contribution in [-0.2, 0) is 18.4 Å². The molecule has 0 radical (unpaired) electrons. The van der Waals surface area contributed by atoms with Crippen molar-refractivity contribution in [3.8, 4) is 0 Å². The lowest BCUT2D eigenvalue weighted by Gasteiger charge is -2.33. The maximum absolute atomic E-state index is 13.2. The van der Waals surface area contributed by atoms with Crippen molar-refractivity contribution in [3.05, 3.63) is 74.3 Å². The molecule has 11 heteroatoms. The van der Waals surface area contributed by atoms with Gasteiger partial charge in [0.2, 0.25) is 5.78 Å². The van der Waals surface area contributed by atoms with Crippen LogP contribution in [-0.4, -0.2) is 43.1 Å². The quantitative estimate of drug-likeness (QED) is 0.244. The van der Waals surface area contributed by atoms with Crippen LogP contribution in [0.5, 0.6) is 0 Å². The third-order valence-electron chi connectivity index (χ3n) is 6.56. The van der Waals surface area contributed by atoms with Gasteiger partial charge in [0.25, 0.3) is 11.2 Å². The molecule has 1 fully saturated rings. The van der Waals surface area contributed by atoms with Gasteiger partial charge in [-0.2, -0.15) is 0 Å². The first-order valence-corrected chi connectivity index (χ1v) is 11.4. The lowest BCUT2D eigenvalue weighted by Crippen LogP contribution is -2.34. The van der Waals surface area contributed by atoms with Crippen LogP contribution in [0, 0.1) is 16.0 Å². The van der Waals surface area contributed by atoms with E-state index in [-0.39, 0.29) is 23.4 Å². The van der Waals surface area contributed by atoms with Crippen LogP contribution in [0.15, 0.2) is 47.3 Å². The molecule has 1 saturated heterocycles. The highest BCUT2D eigenvalue weighted by atomic mass is 16.6. The van der Waals surface area contributed by atoms with Crippen molar-refractivity contribution in [1.29, 1.82) is 0 Å². The molecule has 0 aliphatic carbocycles. The molecular weight excluding hydrogens is 452 g/mol. The molecule has 0 saturated carbocycles. The number of hydrogen-bond acceptors (Lipinski definition) is 8. The number of hydrogen-bond donors (Lipinski definition) is 0. The van der Waals surface area contributed by atoms with Crippen LogP contribution in [0.4, 0.5) is 11.4 Å². The fraction of sp³-hybridized carbons (Fsp3) is 0.333. The number of carbonyl (C=O) groups is 1. The lowest BCUT2D eigenvalue weighted by atomic mass is 9.98. The minimum atomic E-state index is -0.687. The molecule has 0 spiro atoms. The van der Waals surface area contributed by atoms with E-state index in [0.717, 1.165) is 25.9 Å². The number of non-ortho nitro benzene ring substituents is 1. The number of nitro groups is 1. The minimum Gasteiger partial charge on any atom is -0.454 e. The molecule has 0 unspecified atom stereocenters. The molecule has 0 bridgehead atoms. The summed E-state index contributed by atoms with van der Waals surface area (Å²) in [6.07, 6.45) is 1.95. The zero-order chi connectivity index (χ0) is 24.7. The van der Waals surface area contributed by atoms with E-state index in [1.165, 1.54) is 16.7 Å². The van der Waals surface area contributed by atoms with Crippen molar-refractivity contribution in [3.63, 3.8) is 0 Å². The fourth-order valence-corrected chi connectivity index (χ4v) is 4.52. The van der Waals surface area contributed by atoms with E-state index < -0.39 is 10.9 Å². The highest BCUT2D eigenvalue weighted by Crippen LogP contribution is 2.30. The number of ether oxygens (including phenoxy) is 1. The Labute approximate surface area is 199 Å². The Hall–Kier alpha value is -4.28. The molecule has 180 valence electrons. The van der Waals surface area contributed by atoms with Crippen LogP contribution in [0.1, 0.15) is 35.9 Å². The maximum Gasteiger partial charge on any atom is 0.340 e. The van der Waals surface area contributed by atoms with Crippen LogP contribution in [0.25, 0.3) is 16.7 Å². The summed E-state index contributed by atoms with van der Waals surface area (Å²) >= 11 is 0. The Bertz CT molecular complexity index is 1520. The van der Waals surface area contributed by atoms with E-state index in [0.29, 0.717) is 34.1 Å². The normalized spacial score (nSPS) is 14.5. The van der Waals surface area contributed by atoms with E-state index in [2.05, 4.69) is 22.0 Å². The van der Waals surface area contributed by atoms with E-state index >= 15 is 0 Å². The smallest absolute Gasteiger partial charge is 0.340 e. The number of carbonyl (C=O) groups excluding carboxylic acids is 1. The summed E-state index contributed by atoms with van der Waals surface area (Å²) < 4.78 is 8.64. The van der Waals surface area contributed by atoms with Crippen molar-refractivity contribution in [2.24, 2.45) is 13.0 Å². The maximum atomic E-state index is 13.2. The van der Waals surface area contributed by atoms with Crippen molar-refractivity contribution in [1.82, 2.24) is 19.2 Å². The first kappa shape index (κ1) is 22.5. The Morgan fingerprint density at radius 3 is 2.66 bits per heavy atom. The van der Waals surface area contributed by atoms with Crippen LogP contribution in [0.2, 0.25) is 0 Å². The number of nitro benzene ring substituents is 1. The molecule has 1 aliphatic heterocycles. The topological polar surface area (TPSA) is 125 Å². The zero-order valence-electron chi connectivity index (χ0n) is 19.4. The van der Waals surface area contributed by atoms with Gasteiger partial charge in [-0.3, -0.25) is 23.9 Å². The highest BCUT2D eigenvalue weighted by molar-refractivity contribution is 5.96. The van der Waals surface area contributed by atoms with Gasteiger partial charge in [0, 0.05) is 32.3 Å². The standard InChI is InChI=1S/C24H24N6O5/c1-15-9-11-28(12-10-15)19-8-7-16(30(33)34)13-18(19)23(32)35-14-21-25-26-24-27(2)22(31)17-5-3-4-6-20(17)29(21)24/h3-8,13,15H,9-12,14H2,1-2H3. The van der Waals surface area contributed by atoms with E-state index in [4.69, 9.17) is 4.74 Å². The van der Waals surface area contributed by atoms with Gasteiger partial charge in [0.15, 0.2) is 12.4 Å². The predicted octanol–water partition coefficient (Wildman–Crippen LogP) is 3.08. The number of aryl methyl sites for hydroxylation is 1. The second-order valence-corrected chi connectivity index (χ2v) is 8.84. The predicted molar refractivity (Wildman–Crippen MR) is 129 cm³/mol. The number of benzene rings is 2. The van der Waals surface area contributed by atoms with Gasteiger partial charge in [0.05, 0.1) is 27.1 Å². The number of piperidine rings is 1. The monoisotopic (exact) mass is 476 g/mol. The third-order valence-corrected chi connectivity index (χ3v) is 6.56. The second kappa shape index (κ2) is 8.82. The SMILES string of the molecule is CC1CCN(c2ccc([N+](=O)[O-])cc2C(=O)OCc2nnc3n(C)c(=O)c4ccccc4n23)CC1. The summed E-state index contributed by atoms with van der Waals surface area (Å²) in [6.45, 7) is 3.48. The summed E-state index contributed by atoms with van der Waals surface area (Å²) in [5, 5.41) is 20.1. The Morgan fingerprint density at radius 2 is 1.91 bits per heavy atom. The van der Waals surface area contributed by atoms with Crippen molar-refractivity contribution >= 4 is 34.0 Å². The van der Waals surface area contributed by atoms with Crippen LogP contribution in [0.3, 0.4) is 0 Å². The van der Waals surface area contributed by atoms with Gasteiger partial charge >= 0.3 is 5.97 Å². The number of rotatable bonds is 5. The number of anilines is 1. The minimum absolute atomic E-state index is 0.139. The summed E-state index contributed by atoms with van der Waals surface area (Å²) in [5.41, 5.74) is 0.965. The highest BCUT2D eigenvalue weighted by Gasteiger charge is 2.25. The van der Waals surface area contributed by atoms with Gasteiger partial charge < -0.3 is 9.64 Å². The number of fused-ring (bicyclic) bond motifs is 3. The molecule has 0 atom stereocenters. The molecule has 35 heavy (non-hydrogen) atoms. The van der Waals surface area contributed by atoms with Crippen LogP contribution < -0.4 is 10.5 Å². The molecule has 2 aromatic heterocycles. The first-order valence-electron chi connectivity index (χ1n) is 11.4. The number of aromatic nitrogens is 4. The van der Waals surface area contributed by atoms with Gasteiger partial charge in [0.1, 0.15) is 0 Å². The zero-order valence-corrected chi connectivity index (χ0v) is 19.4. The second-order valence-electron chi connectivity index (χ2n) is 8.84. The van der Waals surface area contributed by atoms with E-state index in [1.54, 1.807) is 41.8 Å². The average molecular weight is 476 g/mol. The molecule has 2 aromatic carbocycles. The number of para-hydroxylation sites is 1. The molecule has 3 heterocycles. The Balaban J connectivity index is 1.48. The summed E-state index contributed by atoms with van der Waals surface area (Å²) in [6, 6.07) is 11.3. The summed E-state index contributed by atoms with van der Waals surface area (Å²) in [4.78, 5) is 38.7. The molecule has 1 aliphatic rings. The number of esters is 1. The molecule has 4 aromatic rings. The van der Waals surface area contributed by atoms with Gasteiger partial charge in [-0.15, -0.1) is 10.2 Å². The average Bonchev–Trinajstić information content (AvgIpc) is 3.30. The third kappa shape index (κ3) is 3.98. The number of nitrogens with zero attached hydrogens (tertiary/aromatic N) is 6. The molecule has 5 rings (SSSR count). The Kier molecular flexibility index (Phi) is 5.67. The molecule has 0 amide bonds. The molecule has 0 N–H and O–H groups in total. The van der Waals surface area contributed by atoms with Crippen molar-refractivity contribution < 1.29 is 14.5 Å². The summed E-state index contributed by atoms with van der Waals surface area (Å²) in [5.74, 6) is 0.553. The van der Waals surface area contributed by atoms with Gasteiger partial charge in [-0.05, 0) is 37.0 Å². The van der Waals surface area contributed by atoms with E-state index in [9.17, 15) is 19.7 Å². The largest absolute Gasteiger partial charge is 0.454 e. The summed E-state index contributed by atoms with van der Waals surface area (Å²) in [7, 11) is 1.60. The van der Waals surface area contributed by atoms with Gasteiger partial charge in [-0.25, -0.2) is 4.79 Å². The Morgan fingerprint density at radius 1 is 1.17 bits per heavy atom. The fourth-order valence-electron chi connectivity index (χ4n) is 4.52. The first-order chi connectivity index (χ1) is 16.8. The van der Waals surface area contributed by atoms with E-state index in [1.807, 2.05) is 0 Å². The molecule has 11 nitrogen and oxygen atoms in total. The van der Waals surface area contributed by atoms with Gasteiger partial charge in [-0.1, -0.05) is 19.1 Å². The lowest BCUT2D eigenvalue weighted by molar-refractivity contribution is -0.384. The van der Waals surface area contributed by atoms with Crippen LogP contribution >= 0.6 is 0 Å². The van der Waals surface area contributed by atoms with Crippen molar-refractivity contribution in [2.45, 2.75) is 26.4 Å². The molecular formula is C24H24N6O5.